The van der Waals surface area contributed by atoms with Gasteiger partial charge >= 0.3 is 41.5 Å². The average molecular weight is 213 g/mol. The zero-order valence-corrected chi connectivity index (χ0v) is 8.69. The smallest absolute Gasteiger partial charge is 0.390 e. The van der Waals surface area contributed by atoms with Crippen LogP contribution < -0.4 is 29.6 Å². The molecule has 0 aromatic carbocycles. The van der Waals surface area contributed by atoms with Crippen LogP contribution in [0.5, 0.6) is 0 Å². The Hall–Kier alpha value is -1.46. The second kappa shape index (κ2) is 6.99. The predicted molar refractivity (Wildman–Crippen MR) is 35.0 cm³/mol. The fraction of sp³-hybridized carbons (Fsp3) is 0. The van der Waals surface area contributed by atoms with E-state index in [2.05, 4.69) is 15.2 Å². The number of nitrogens with zero attached hydrogens (tertiary/aromatic N) is 5. The maximum absolute atomic E-state index is 10.0. The normalized spacial score (nSPS) is 12.0. The van der Waals surface area contributed by atoms with Crippen LogP contribution in [0.15, 0.2) is 15.2 Å². The van der Waals surface area contributed by atoms with Crippen molar-refractivity contribution in [2.45, 2.75) is 0 Å². The SMILES string of the molecule is O=C1N=NC([N+](=O)[O-])=N1.O=[N+]([O-])[O-].[Na+]. The maximum Gasteiger partial charge on any atom is 1.00 e. The van der Waals surface area contributed by atoms with Crippen molar-refractivity contribution in [3.8, 4) is 0 Å². The summed E-state index contributed by atoms with van der Waals surface area (Å²) in [6.07, 6.45) is 0. The molecule has 0 bridgehead atoms. The molecule has 0 aromatic rings. The Labute approximate surface area is 97.1 Å². The first kappa shape index (κ1) is 15.0. The summed E-state index contributed by atoms with van der Waals surface area (Å²) in [4.78, 5) is 29.9. The fourth-order valence-corrected chi connectivity index (χ4v) is 0.295. The van der Waals surface area contributed by atoms with Crippen LogP contribution in [0.3, 0.4) is 0 Å². The van der Waals surface area contributed by atoms with Crippen LogP contribution in [-0.2, 0) is 0 Å². The van der Waals surface area contributed by atoms with Gasteiger partial charge in [-0.1, -0.05) is 0 Å². The molecule has 0 spiro atoms. The molecule has 0 unspecified atom stereocenters. The molecule has 0 radical (unpaired) electrons. The summed E-state index contributed by atoms with van der Waals surface area (Å²) in [5.41, 5.74) is 0. The number of aliphatic imine (C=N–C) groups is 1. The quantitative estimate of drug-likeness (QED) is 0.236. The molecule has 70 valence electrons. The van der Waals surface area contributed by atoms with Crippen molar-refractivity contribution >= 4 is 12.0 Å². The molecule has 1 rings (SSSR count). The Morgan fingerprint density at radius 1 is 1.07 bits per heavy atom. The molecule has 1 heterocycles. The minimum atomic E-state index is -1.75. The van der Waals surface area contributed by atoms with Gasteiger partial charge in [-0.15, -0.1) is 0 Å². The van der Waals surface area contributed by atoms with Gasteiger partial charge in [-0.3, -0.25) is 0 Å². The first-order valence-corrected chi connectivity index (χ1v) is 2.44. The van der Waals surface area contributed by atoms with Crippen molar-refractivity contribution in [1.82, 2.24) is 0 Å². The fourth-order valence-electron chi connectivity index (χ4n) is 0.295. The first-order valence-electron chi connectivity index (χ1n) is 2.44. The molecular weight excluding hydrogens is 213 g/mol. The van der Waals surface area contributed by atoms with Gasteiger partial charge in [0.1, 0.15) is 0 Å². The number of hydrogen-bond acceptors (Lipinski definition) is 7. The summed E-state index contributed by atoms with van der Waals surface area (Å²) >= 11 is 0. The van der Waals surface area contributed by atoms with Gasteiger partial charge in [-0.05, 0) is 4.92 Å². The molecule has 12 heteroatoms. The Bertz CT molecular complexity index is 305. The van der Waals surface area contributed by atoms with Crippen molar-refractivity contribution in [3.05, 3.63) is 25.4 Å². The molecular formula is C2N5NaO6. The standard InChI is InChI=1S/C2N4O3.NO3.Na/c7-2-3-1(4-5-2)6(8)9;2-1(3)4;/q;-1;+1. The number of nitro groups is 1. The molecule has 0 saturated heterocycles. The van der Waals surface area contributed by atoms with E-state index in [1.807, 2.05) is 0 Å². The molecule has 11 nitrogen and oxygen atoms in total. The van der Waals surface area contributed by atoms with E-state index in [9.17, 15) is 14.9 Å². The molecule has 0 fully saturated rings. The van der Waals surface area contributed by atoms with E-state index in [-0.39, 0.29) is 29.6 Å². The van der Waals surface area contributed by atoms with Crippen LogP contribution >= 0.6 is 0 Å². The number of guanidine groups is 1. The summed E-state index contributed by atoms with van der Waals surface area (Å²) in [6.45, 7) is 0. The zero-order valence-electron chi connectivity index (χ0n) is 6.69. The molecule has 14 heavy (non-hydrogen) atoms. The van der Waals surface area contributed by atoms with Crippen molar-refractivity contribution < 1.29 is 44.4 Å². The third kappa shape index (κ3) is 7.20. The largest absolute Gasteiger partial charge is 1.00 e. The molecule has 1 aliphatic heterocycles. The van der Waals surface area contributed by atoms with Crippen LogP contribution in [0.1, 0.15) is 0 Å². The van der Waals surface area contributed by atoms with Crippen molar-refractivity contribution in [1.29, 1.82) is 0 Å². The second-order valence-corrected chi connectivity index (χ2v) is 1.38. The van der Waals surface area contributed by atoms with Gasteiger partial charge in [0.2, 0.25) is 0 Å². The number of urea groups is 1. The van der Waals surface area contributed by atoms with Crippen LogP contribution in [0.25, 0.3) is 0 Å². The third-order valence-electron chi connectivity index (χ3n) is 0.584. The van der Waals surface area contributed by atoms with Crippen molar-refractivity contribution in [2.24, 2.45) is 15.2 Å². The minimum absolute atomic E-state index is 0. The van der Waals surface area contributed by atoms with E-state index in [0.29, 0.717) is 0 Å². The van der Waals surface area contributed by atoms with Crippen molar-refractivity contribution in [2.75, 3.05) is 0 Å². The molecule has 0 N–H and O–H groups in total. The van der Waals surface area contributed by atoms with Crippen LogP contribution in [0, 0.1) is 25.4 Å². The number of hydrogen-bond donors (Lipinski definition) is 0. The number of amides is 2. The van der Waals surface area contributed by atoms with Crippen LogP contribution in [0.4, 0.5) is 4.79 Å². The Morgan fingerprint density at radius 2 is 1.50 bits per heavy atom. The van der Waals surface area contributed by atoms with Gasteiger partial charge in [0.25, 0.3) is 0 Å². The molecule has 0 atom stereocenters. The Balaban J connectivity index is 0. The molecule has 0 saturated carbocycles. The Kier molecular flexibility index (Phi) is 7.51. The first-order chi connectivity index (χ1) is 5.93. The van der Waals surface area contributed by atoms with Crippen LogP contribution in [0.2, 0.25) is 0 Å². The number of carbonyl (C=O) groups excluding carboxylic acids is 1. The third-order valence-corrected chi connectivity index (χ3v) is 0.584. The van der Waals surface area contributed by atoms with E-state index in [4.69, 9.17) is 15.3 Å². The molecule has 2 amide bonds. The van der Waals surface area contributed by atoms with Gasteiger partial charge < -0.3 is 25.4 Å². The topological polar surface area (TPSA) is 163 Å². The Morgan fingerprint density at radius 3 is 1.64 bits per heavy atom. The zero-order chi connectivity index (χ0) is 10.4. The summed E-state index contributed by atoms with van der Waals surface area (Å²) in [5.74, 6) is -0.750. The number of azo groups is 1. The van der Waals surface area contributed by atoms with E-state index in [0.717, 1.165) is 0 Å². The monoisotopic (exact) mass is 213 g/mol. The van der Waals surface area contributed by atoms with Gasteiger partial charge in [-0.2, -0.15) is 0 Å². The molecule has 0 aliphatic carbocycles. The van der Waals surface area contributed by atoms with Crippen molar-refractivity contribution in [3.63, 3.8) is 0 Å². The van der Waals surface area contributed by atoms with E-state index in [1.54, 1.807) is 0 Å². The van der Waals surface area contributed by atoms with Gasteiger partial charge in [0.05, 0.1) is 10.2 Å². The molecule has 1 aliphatic rings. The van der Waals surface area contributed by atoms with Gasteiger partial charge in [-0.25, -0.2) is 4.79 Å². The minimum Gasteiger partial charge on any atom is -0.390 e. The summed E-state index contributed by atoms with van der Waals surface area (Å²) < 4.78 is 0. The van der Waals surface area contributed by atoms with Gasteiger partial charge in [0, 0.05) is 10.1 Å². The van der Waals surface area contributed by atoms with E-state index < -0.39 is 22.0 Å². The van der Waals surface area contributed by atoms with E-state index >= 15 is 0 Å². The molecule has 0 aromatic heterocycles. The number of carbonyl (C=O) groups is 1. The van der Waals surface area contributed by atoms with Gasteiger partial charge in [0.15, 0.2) is 0 Å². The average Bonchev–Trinajstić information content (AvgIpc) is 2.34. The van der Waals surface area contributed by atoms with Crippen LogP contribution in [-0.4, -0.2) is 22.0 Å². The number of rotatable bonds is 0. The maximum atomic E-state index is 10.0. The summed E-state index contributed by atoms with van der Waals surface area (Å²) in [6, 6.07) is -0.929. The summed E-state index contributed by atoms with van der Waals surface area (Å²) in [7, 11) is 0. The van der Waals surface area contributed by atoms with E-state index in [1.165, 1.54) is 0 Å². The predicted octanol–water partition coefficient (Wildman–Crippen LogP) is -3.03. The second-order valence-electron chi connectivity index (χ2n) is 1.38. The summed E-state index contributed by atoms with van der Waals surface area (Å²) in [5, 5.41) is 30.1.